The summed E-state index contributed by atoms with van der Waals surface area (Å²) in [5, 5.41) is 9.62. The molecular weight excluding hydrogens is 240 g/mol. The number of likely N-dealkylation sites (N-methyl/N-ethyl adjacent to an activating group) is 1. The molecule has 0 aromatic heterocycles. The van der Waals surface area contributed by atoms with Crippen molar-refractivity contribution in [1.29, 1.82) is 0 Å². The summed E-state index contributed by atoms with van der Waals surface area (Å²) in [7, 11) is -2.14. The molecule has 0 radical (unpaired) electrons. The summed E-state index contributed by atoms with van der Waals surface area (Å²) >= 11 is 0. The van der Waals surface area contributed by atoms with Gasteiger partial charge in [-0.2, -0.15) is 4.31 Å². The van der Waals surface area contributed by atoms with Gasteiger partial charge in [-0.25, -0.2) is 8.42 Å². The number of aliphatic hydroxyl groups is 1. The van der Waals surface area contributed by atoms with Gasteiger partial charge in [0.25, 0.3) is 0 Å². The molecule has 17 heavy (non-hydrogen) atoms. The average Bonchev–Trinajstić information content (AvgIpc) is 2.15. The van der Waals surface area contributed by atoms with Crippen LogP contribution in [0.4, 0.5) is 5.69 Å². The van der Waals surface area contributed by atoms with Crippen molar-refractivity contribution < 1.29 is 13.5 Å². The van der Waals surface area contributed by atoms with Crippen LogP contribution in [0.5, 0.6) is 0 Å². The molecule has 1 rings (SSSR count). The van der Waals surface area contributed by atoms with Gasteiger partial charge in [-0.3, -0.25) is 0 Å². The van der Waals surface area contributed by atoms with Crippen molar-refractivity contribution in [2.75, 3.05) is 19.3 Å². The molecule has 0 atom stereocenters. The minimum absolute atomic E-state index is 0.0275. The van der Waals surface area contributed by atoms with E-state index in [0.717, 1.165) is 4.31 Å². The van der Waals surface area contributed by atoms with Gasteiger partial charge in [-0.1, -0.05) is 0 Å². The Bertz CT molecular complexity index is 474. The summed E-state index contributed by atoms with van der Waals surface area (Å²) in [6.45, 7) is 3.14. The van der Waals surface area contributed by atoms with Crippen molar-refractivity contribution >= 4 is 15.7 Å². The number of hydrogen-bond acceptors (Lipinski definition) is 4. The van der Waals surface area contributed by atoms with E-state index < -0.39 is 15.6 Å². The van der Waals surface area contributed by atoms with Gasteiger partial charge in [-0.05, 0) is 38.1 Å². The Hall–Kier alpha value is -1.11. The maximum Gasteiger partial charge on any atom is 0.242 e. The lowest BCUT2D eigenvalue weighted by molar-refractivity contribution is 0.0640. The minimum Gasteiger partial charge on any atom is -0.399 e. The van der Waals surface area contributed by atoms with Gasteiger partial charge in [0.15, 0.2) is 0 Å². The van der Waals surface area contributed by atoms with E-state index in [1.165, 1.54) is 31.3 Å². The largest absolute Gasteiger partial charge is 0.399 e. The molecule has 0 aliphatic heterocycles. The lowest BCUT2D eigenvalue weighted by Crippen LogP contribution is -2.39. The van der Waals surface area contributed by atoms with Crippen molar-refractivity contribution in [2.24, 2.45) is 0 Å². The van der Waals surface area contributed by atoms with Crippen LogP contribution in [0.3, 0.4) is 0 Å². The number of hydrogen-bond donors (Lipinski definition) is 2. The van der Waals surface area contributed by atoms with Crippen LogP contribution in [0, 0.1) is 0 Å². The van der Waals surface area contributed by atoms with Crippen LogP contribution in [0.15, 0.2) is 29.2 Å². The van der Waals surface area contributed by atoms with E-state index >= 15 is 0 Å². The summed E-state index contributed by atoms with van der Waals surface area (Å²) in [6, 6.07) is 5.96. The number of nitrogens with two attached hydrogens (primary N) is 1. The van der Waals surface area contributed by atoms with Crippen molar-refractivity contribution in [2.45, 2.75) is 24.3 Å². The Labute approximate surface area is 102 Å². The number of rotatable bonds is 4. The second kappa shape index (κ2) is 4.64. The highest BCUT2D eigenvalue weighted by Gasteiger charge is 2.26. The topological polar surface area (TPSA) is 83.6 Å². The molecule has 0 aliphatic carbocycles. The van der Waals surface area contributed by atoms with E-state index in [1.54, 1.807) is 13.8 Å². The first-order valence-corrected chi connectivity index (χ1v) is 6.61. The van der Waals surface area contributed by atoms with E-state index in [2.05, 4.69) is 0 Å². The maximum atomic E-state index is 12.1. The highest BCUT2D eigenvalue weighted by molar-refractivity contribution is 7.89. The third-order valence-corrected chi connectivity index (χ3v) is 4.02. The number of anilines is 1. The number of nitrogens with zero attached hydrogens (tertiary/aromatic N) is 1. The summed E-state index contributed by atoms with van der Waals surface area (Å²) in [4.78, 5) is 0.165. The summed E-state index contributed by atoms with van der Waals surface area (Å²) in [5.74, 6) is 0. The molecule has 96 valence electrons. The second-order valence-electron chi connectivity index (χ2n) is 4.64. The smallest absolute Gasteiger partial charge is 0.242 e. The molecule has 0 bridgehead atoms. The van der Waals surface area contributed by atoms with Crippen molar-refractivity contribution in [1.82, 2.24) is 4.31 Å². The van der Waals surface area contributed by atoms with E-state index in [1.807, 2.05) is 0 Å². The monoisotopic (exact) mass is 258 g/mol. The highest BCUT2D eigenvalue weighted by atomic mass is 32.2. The van der Waals surface area contributed by atoms with Gasteiger partial charge in [-0.15, -0.1) is 0 Å². The fourth-order valence-corrected chi connectivity index (χ4v) is 2.78. The molecular formula is C11H18N2O3S. The van der Waals surface area contributed by atoms with Crippen LogP contribution in [-0.4, -0.2) is 37.0 Å². The molecule has 0 fully saturated rings. The molecule has 0 saturated heterocycles. The first kappa shape index (κ1) is 14.0. The Morgan fingerprint density at radius 2 is 1.76 bits per heavy atom. The lowest BCUT2D eigenvalue weighted by atomic mass is 10.1. The summed E-state index contributed by atoms with van der Waals surface area (Å²) < 4.78 is 25.3. The van der Waals surface area contributed by atoms with Crippen molar-refractivity contribution in [3.05, 3.63) is 24.3 Å². The van der Waals surface area contributed by atoms with E-state index in [4.69, 9.17) is 5.73 Å². The molecule has 0 amide bonds. The predicted molar refractivity (Wildman–Crippen MR) is 67.0 cm³/mol. The van der Waals surface area contributed by atoms with Gasteiger partial charge in [0.05, 0.1) is 10.5 Å². The number of benzene rings is 1. The maximum absolute atomic E-state index is 12.1. The first-order valence-electron chi connectivity index (χ1n) is 5.17. The normalized spacial score (nSPS) is 13.0. The molecule has 1 aromatic carbocycles. The summed E-state index contributed by atoms with van der Waals surface area (Å²) in [6.07, 6.45) is 0. The molecule has 0 spiro atoms. The zero-order chi connectivity index (χ0) is 13.3. The van der Waals surface area contributed by atoms with Crippen molar-refractivity contribution in [3.63, 3.8) is 0 Å². The van der Waals surface area contributed by atoms with Crippen molar-refractivity contribution in [3.8, 4) is 0 Å². The van der Waals surface area contributed by atoms with Crippen LogP contribution in [0.1, 0.15) is 13.8 Å². The molecule has 3 N–H and O–H groups in total. The van der Waals surface area contributed by atoms with E-state index in [9.17, 15) is 13.5 Å². The standard InChI is InChI=1S/C11H18N2O3S/c1-11(2,14)8-13(3)17(15,16)10-6-4-9(12)5-7-10/h4-7,14H,8,12H2,1-3H3. The van der Waals surface area contributed by atoms with Gasteiger partial charge < -0.3 is 10.8 Å². The van der Waals surface area contributed by atoms with Gasteiger partial charge >= 0.3 is 0 Å². The van der Waals surface area contributed by atoms with Gasteiger partial charge in [0.1, 0.15) is 0 Å². The molecule has 5 nitrogen and oxygen atoms in total. The number of nitrogen functional groups attached to an aromatic ring is 1. The van der Waals surface area contributed by atoms with Crippen LogP contribution in [0.2, 0.25) is 0 Å². The zero-order valence-electron chi connectivity index (χ0n) is 10.2. The Morgan fingerprint density at radius 3 is 2.18 bits per heavy atom. The highest BCUT2D eigenvalue weighted by Crippen LogP contribution is 2.17. The van der Waals surface area contributed by atoms with Crippen LogP contribution >= 0.6 is 0 Å². The second-order valence-corrected chi connectivity index (χ2v) is 6.69. The zero-order valence-corrected chi connectivity index (χ0v) is 11.0. The quantitative estimate of drug-likeness (QED) is 0.777. The molecule has 0 unspecified atom stereocenters. The van der Waals surface area contributed by atoms with Crippen LogP contribution < -0.4 is 5.73 Å². The Morgan fingerprint density at radius 1 is 1.29 bits per heavy atom. The Balaban J connectivity index is 2.99. The number of sulfonamides is 1. The molecule has 1 aromatic rings. The summed E-state index contributed by atoms with van der Waals surface area (Å²) in [5.41, 5.74) is 4.93. The molecule has 0 saturated carbocycles. The Kier molecular flexibility index (Phi) is 3.81. The van der Waals surface area contributed by atoms with Gasteiger partial charge in [0.2, 0.25) is 10.0 Å². The van der Waals surface area contributed by atoms with Crippen LogP contribution in [0.25, 0.3) is 0 Å². The fraction of sp³-hybridized carbons (Fsp3) is 0.455. The molecule has 6 heteroatoms. The predicted octanol–water partition coefficient (Wildman–Crippen LogP) is 0.660. The van der Waals surface area contributed by atoms with Gasteiger partial charge in [0, 0.05) is 19.3 Å². The average molecular weight is 258 g/mol. The van der Waals surface area contributed by atoms with Crippen LogP contribution in [-0.2, 0) is 10.0 Å². The first-order chi connectivity index (χ1) is 7.63. The molecule has 0 aliphatic rings. The third-order valence-electron chi connectivity index (χ3n) is 2.20. The fourth-order valence-electron chi connectivity index (χ4n) is 1.45. The minimum atomic E-state index is -3.57. The molecule has 0 heterocycles. The SMILES string of the molecule is CN(CC(C)(C)O)S(=O)(=O)c1ccc(N)cc1. The van der Waals surface area contributed by atoms with E-state index in [-0.39, 0.29) is 11.4 Å². The van der Waals surface area contributed by atoms with E-state index in [0.29, 0.717) is 5.69 Å². The third kappa shape index (κ3) is 3.69. The lowest BCUT2D eigenvalue weighted by Gasteiger charge is -2.25.